The van der Waals surface area contributed by atoms with Gasteiger partial charge in [-0.15, -0.1) is 0 Å². The number of benzene rings is 2. The molecule has 0 spiro atoms. The maximum absolute atomic E-state index is 13.8. The maximum Gasteiger partial charge on any atom is 0.224 e. The van der Waals surface area contributed by atoms with E-state index in [1.54, 1.807) is 12.1 Å². The van der Waals surface area contributed by atoms with Crippen LogP contribution in [-0.2, 0) is 29.0 Å². The van der Waals surface area contributed by atoms with Crippen LogP contribution in [-0.4, -0.2) is 32.5 Å². The topological polar surface area (TPSA) is 66.0 Å². The molecule has 0 unspecified atom stereocenters. The molecule has 0 bridgehead atoms. The molecule has 2 heterocycles. The van der Waals surface area contributed by atoms with Gasteiger partial charge in [-0.25, -0.2) is 4.39 Å². The SMILES string of the molecule is O=C(Cc1cc(Cl)c2c(c1)OCCO2)NCCc1cc(F)cc2c1OCOC2. The molecule has 2 aliphatic rings. The lowest BCUT2D eigenvalue weighted by molar-refractivity contribution is -0.120. The number of carbonyl (C=O) groups is 1. The van der Waals surface area contributed by atoms with Crippen LogP contribution in [0, 0.1) is 5.82 Å². The van der Waals surface area contributed by atoms with Crippen LogP contribution in [0.1, 0.15) is 16.7 Å². The first kappa shape index (κ1) is 18.8. The van der Waals surface area contributed by atoms with Crippen LogP contribution in [0.5, 0.6) is 17.2 Å². The third-order valence-corrected chi connectivity index (χ3v) is 4.77. The van der Waals surface area contributed by atoms with Crippen LogP contribution in [0.25, 0.3) is 0 Å². The minimum atomic E-state index is -0.347. The van der Waals surface area contributed by atoms with Crippen molar-refractivity contribution in [3.05, 3.63) is 51.8 Å². The monoisotopic (exact) mass is 407 g/mol. The van der Waals surface area contributed by atoms with E-state index in [2.05, 4.69) is 5.32 Å². The fraction of sp³-hybridized carbons (Fsp3) is 0.350. The molecule has 8 heteroatoms. The van der Waals surface area contributed by atoms with Crippen LogP contribution in [0.2, 0.25) is 5.02 Å². The lowest BCUT2D eigenvalue weighted by Gasteiger charge is -2.21. The first-order valence-corrected chi connectivity index (χ1v) is 9.34. The van der Waals surface area contributed by atoms with Gasteiger partial charge in [0.05, 0.1) is 18.1 Å². The van der Waals surface area contributed by atoms with E-state index in [4.69, 9.17) is 30.5 Å². The van der Waals surface area contributed by atoms with Gasteiger partial charge < -0.3 is 24.3 Å². The highest BCUT2D eigenvalue weighted by molar-refractivity contribution is 6.32. The minimum Gasteiger partial charge on any atom is -0.486 e. The zero-order chi connectivity index (χ0) is 19.5. The third kappa shape index (κ3) is 4.15. The van der Waals surface area contributed by atoms with Crippen molar-refractivity contribution < 1.29 is 28.1 Å². The fourth-order valence-electron chi connectivity index (χ4n) is 3.29. The number of ether oxygens (including phenoxy) is 4. The Hall–Kier alpha value is -2.51. The van der Waals surface area contributed by atoms with Crippen LogP contribution < -0.4 is 19.5 Å². The van der Waals surface area contributed by atoms with Crippen molar-refractivity contribution in [1.82, 2.24) is 5.32 Å². The number of halogens is 2. The average molecular weight is 408 g/mol. The molecule has 2 aromatic rings. The lowest BCUT2D eigenvalue weighted by Crippen LogP contribution is -2.27. The summed E-state index contributed by atoms with van der Waals surface area (Å²) in [6, 6.07) is 6.29. The summed E-state index contributed by atoms with van der Waals surface area (Å²) in [5.74, 6) is 1.19. The zero-order valence-corrected chi connectivity index (χ0v) is 15.8. The first-order chi connectivity index (χ1) is 13.6. The first-order valence-electron chi connectivity index (χ1n) is 8.97. The van der Waals surface area contributed by atoms with Gasteiger partial charge in [0.15, 0.2) is 18.3 Å². The van der Waals surface area contributed by atoms with E-state index in [9.17, 15) is 9.18 Å². The molecule has 0 atom stereocenters. The molecule has 0 aromatic heterocycles. The highest BCUT2D eigenvalue weighted by Crippen LogP contribution is 2.38. The summed E-state index contributed by atoms with van der Waals surface area (Å²) < 4.78 is 35.4. The van der Waals surface area contributed by atoms with Crippen LogP contribution in [0.15, 0.2) is 24.3 Å². The van der Waals surface area contributed by atoms with Crippen LogP contribution in [0.3, 0.4) is 0 Å². The number of nitrogens with one attached hydrogen (secondary N) is 1. The summed E-state index contributed by atoms with van der Waals surface area (Å²) in [4.78, 5) is 12.3. The van der Waals surface area contributed by atoms with E-state index in [1.807, 2.05) is 0 Å². The zero-order valence-electron chi connectivity index (χ0n) is 15.1. The normalized spacial score (nSPS) is 14.8. The molecule has 2 aromatic carbocycles. The van der Waals surface area contributed by atoms with E-state index < -0.39 is 0 Å². The summed E-state index contributed by atoms with van der Waals surface area (Å²) in [6.45, 7) is 1.72. The Morgan fingerprint density at radius 2 is 1.96 bits per heavy atom. The molecule has 2 aliphatic heterocycles. The van der Waals surface area contributed by atoms with Gasteiger partial charge in [-0.1, -0.05) is 11.6 Å². The van der Waals surface area contributed by atoms with Crippen molar-refractivity contribution in [2.24, 2.45) is 0 Å². The van der Waals surface area contributed by atoms with Crippen LogP contribution >= 0.6 is 11.6 Å². The molecule has 0 aliphatic carbocycles. The van der Waals surface area contributed by atoms with E-state index in [-0.39, 0.29) is 24.9 Å². The number of carbonyl (C=O) groups excluding carboxylic acids is 1. The Kier molecular flexibility index (Phi) is 5.54. The van der Waals surface area contributed by atoms with Gasteiger partial charge in [0.2, 0.25) is 5.91 Å². The third-order valence-electron chi connectivity index (χ3n) is 4.49. The van der Waals surface area contributed by atoms with E-state index in [0.29, 0.717) is 66.2 Å². The Balaban J connectivity index is 1.36. The van der Waals surface area contributed by atoms with Gasteiger partial charge in [-0.2, -0.15) is 0 Å². The fourth-order valence-corrected chi connectivity index (χ4v) is 3.58. The second-order valence-electron chi connectivity index (χ2n) is 6.54. The smallest absolute Gasteiger partial charge is 0.224 e. The van der Waals surface area contributed by atoms with Crippen molar-refractivity contribution in [2.75, 3.05) is 26.6 Å². The molecule has 0 saturated carbocycles. The minimum absolute atomic E-state index is 0.142. The van der Waals surface area contributed by atoms with Gasteiger partial charge in [0.25, 0.3) is 0 Å². The molecule has 0 saturated heterocycles. The molecule has 0 radical (unpaired) electrons. The highest BCUT2D eigenvalue weighted by atomic mass is 35.5. The van der Waals surface area contributed by atoms with Gasteiger partial charge in [0, 0.05) is 12.1 Å². The van der Waals surface area contributed by atoms with Crippen molar-refractivity contribution >= 4 is 17.5 Å². The van der Waals surface area contributed by atoms with E-state index >= 15 is 0 Å². The van der Waals surface area contributed by atoms with E-state index in [1.165, 1.54) is 12.1 Å². The summed E-state index contributed by atoms with van der Waals surface area (Å²) in [6.07, 6.45) is 0.607. The Labute approximate surface area is 166 Å². The van der Waals surface area contributed by atoms with Crippen molar-refractivity contribution in [3.8, 4) is 17.2 Å². The number of hydrogen-bond donors (Lipinski definition) is 1. The maximum atomic E-state index is 13.8. The largest absolute Gasteiger partial charge is 0.486 e. The quantitative estimate of drug-likeness (QED) is 0.825. The molecular weight excluding hydrogens is 389 g/mol. The summed E-state index contributed by atoms with van der Waals surface area (Å²) in [7, 11) is 0. The molecule has 1 N–H and O–H groups in total. The van der Waals surface area contributed by atoms with Crippen molar-refractivity contribution in [3.63, 3.8) is 0 Å². The molecular formula is C20H19ClFNO5. The lowest BCUT2D eigenvalue weighted by atomic mass is 10.1. The van der Waals surface area contributed by atoms with Gasteiger partial charge in [-0.05, 0) is 41.8 Å². The summed E-state index contributed by atoms with van der Waals surface area (Å²) in [5.41, 5.74) is 2.12. The molecule has 28 heavy (non-hydrogen) atoms. The Bertz CT molecular complexity index is 905. The predicted molar refractivity (Wildman–Crippen MR) is 99.5 cm³/mol. The average Bonchev–Trinajstić information content (AvgIpc) is 2.68. The number of rotatable bonds is 5. The van der Waals surface area contributed by atoms with Gasteiger partial charge in [-0.3, -0.25) is 4.79 Å². The molecule has 148 valence electrons. The van der Waals surface area contributed by atoms with E-state index in [0.717, 1.165) is 5.56 Å². The number of amides is 1. The second kappa shape index (κ2) is 8.24. The summed E-state index contributed by atoms with van der Waals surface area (Å²) in [5, 5.41) is 3.26. The molecule has 4 rings (SSSR count). The Morgan fingerprint density at radius 3 is 2.86 bits per heavy atom. The Morgan fingerprint density at radius 1 is 1.11 bits per heavy atom. The standard InChI is InChI=1S/C20H19ClFNO5/c21-16-5-12(6-17-20(16)27-4-3-26-17)7-18(24)23-2-1-13-8-15(22)9-14-10-25-11-28-19(13)14/h5-6,8-9H,1-4,7,10-11H2,(H,23,24). The summed E-state index contributed by atoms with van der Waals surface area (Å²) >= 11 is 6.20. The van der Waals surface area contributed by atoms with Crippen molar-refractivity contribution in [2.45, 2.75) is 19.4 Å². The van der Waals surface area contributed by atoms with Gasteiger partial charge in [0.1, 0.15) is 24.8 Å². The van der Waals surface area contributed by atoms with Gasteiger partial charge >= 0.3 is 0 Å². The predicted octanol–water partition coefficient (Wildman–Crippen LogP) is 3.02. The molecule has 0 fully saturated rings. The highest BCUT2D eigenvalue weighted by Gasteiger charge is 2.19. The number of hydrogen-bond acceptors (Lipinski definition) is 5. The molecule has 6 nitrogen and oxygen atoms in total. The van der Waals surface area contributed by atoms with Crippen LogP contribution in [0.4, 0.5) is 4.39 Å². The number of fused-ring (bicyclic) bond motifs is 2. The van der Waals surface area contributed by atoms with Crippen molar-refractivity contribution in [1.29, 1.82) is 0 Å². The molecule has 1 amide bonds. The second-order valence-corrected chi connectivity index (χ2v) is 6.95.